The van der Waals surface area contributed by atoms with Crippen LogP contribution in [-0.4, -0.2) is 75.8 Å². The van der Waals surface area contributed by atoms with E-state index in [9.17, 15) is 19.2 Å². The van der Waals surface area contributed by atoms with Crippen LogP contribution in [0.3, 0.4) is 0 Å². The van der Waals surface area contributed by atoms with E-state index >= 15 is 0 Å². The molecule has 3 rings (SSSR count). The maximum Gasteiger partial charge on any atom is 0.342 e. The number of thiophene rings is 3. The highest BCUT2D eigenvalue weighted by Crippen LogP contribution is 2.42. The number of anilines is 2. The Morgan fingerprint density at radius 2 is 0.770 bits per heavy atom. The van der Waals surface area contributed by atoms with Gasteiger partial charge in [0.15, 0.2) is 0 Å². The molecule has 0 aliphatic rings. The molecule has 0 fully saturated rings. The van der Waals surface area contributed by atoms with E-state index in [0.29, 0.717) is 33.1 Å². The molecule has 61 heavy (non-hydrogen) atoms. The van der Waals surface area contributed by atoms with Gasteiger partial charge in [0.25, 0.3) is 0 Å². The smallest absolute Gasteiger partial charge is 0.342 e. The molecule has 3 heterocycles. The zero-order valence-electron chi connectivity index (χ0n) is 37.3. The summed E-state index contributed by atoms with van der Waals surface area (Å²) in [6, 6.07) is 3.73. The fourth-order valence-electron chi connectivity index (χ4n) is 6.52. The minimum absolute atomic E-state index is 0.0757. The van der Waals surface area contributed by atoms with Crippen LogP contribution in [0.2, 0.25) is 0 Å². The third kappa shape index (κ3) is 17.3. The van der Waals surface area contributed by atoms with Gasteiger partial charge >= 0.3 is 23.9 Å². The SMILES string of the molecule is CCCCCCCCCCNc1sc(N=Cc2ccc(C=Nc3sc(NCCCCCCCCCC)c(C(=O)OCC)c3C(=O)OCC)s2)c(C(=O)OCC)c1C(=O)OCC. The maximum absolute atomic E-state index is 13.3. The second kappa shape index (κ2) is 30.0. The Labute approximate surface area is 375 Å². The first kappa shape index (κ1) is 51.3. The Hall–Kier alpha value is -4.08. The topological polar surface area (TPSA) is 154 Å². The third-order valence-corrected chi connectivity index (χ3v) is 12.7. The molecular formula is C46H68N4O8S3. The molecule has 3 aromatic heterocycles. The van der Waals surface area contributed by atoms with Gasteiger partial charge in [0.1, 0.15) is 42.3 Å². The summed E-state index contributed by atoms with van der Waals surface area (Å²) in [6.45, 7) is 13.2. The lowest BCUT2D eigenvalue weighted by Gasteiger charge is -2.09. The number of nitrogens with zero attached hydrogens (tertiary/aromatic N) is 2. The Kier molecular flexibility index (Phi) is 25.3. The molecule has 0 aromatic carbocycles. The highest BCUT2D eigenvalue weighted by atomic mass is 32.1. The summed E-state index contributed by atoms with van der Waals surface area (Å²) in [5.41, 5.74) is 0.426. The van der Waals surface area contributed by atoms with Crippen molar-refractivity contribution in [1.29, 1.82) is 0 Å². The predicted molar refractivity (Wildman–Crippen MR) is 253 cm³/mol. The van der Waals surface area contributed by atoms with Crippen molar-refractivity contribution in [2.24, 2.45) is 9.98 Å². The van der Waals surface area contributed by atoms with Crippen LogP contribution >= 0.6 is 34.0 Å². The fraction of sp³-hybridized carbons (Fsp3) is 0.609. The van der Waals surface area contributed by atoms with E-state index in [2.05, 4.69) is 24.5 Å². The quantitative estimate of drug-likeness (QED) is 0.0268. The zero-order chi connectivity index (χ0) is 44.2. The van der Waals surface area contributed by atoms with Gasteiger partial charge in [0.2, 0.25) is 0 Å². The monoisotopic (exact) mass is 900 g/mol. The number of nitrogens with one attached hydrogen (secondary N) is 2. The van der Waals surface area contributed by atoms with Gasteiger partial charge in [-0.25, -0.2) is 29.2 Å². The van der Waals surface area contributed by atoms with Gasteiger partial charge in [-0.15, -0.1) is 11.3 Å². The number of esters is 4. The van der Waals surface area contributed by atoms with Crippen molar-refractivity contribution < 1.29 is 38.1 Å². The largest absolute Gasteiger partial charge is 0.462 e. The van der Waals surface area contributed by atoms with Gasteiger partial charge in [0.05, 0.1) is 26.4 Å². The van der Waals surface area contributed by atoms with Crippen LogP contribution in [0.25, 0.3) is 0 Å². The summed E-state index contributed by atoms with van der Waals surface area (Å²) >= 11 is 3.82. The molecule has 15 heteroatoms. The first-order valence-electron chi connectivity index (χ1n) is 22.4. The molecule has 0 radical (unpaired) electrons. The van der Waals surface area contributed by atoms with Crippen LogP contribution in [0.15, 0.2) is 22.1 Å². The van der Waals surface area contributed by atoms with Crippen molar-refractivity contribution in [1.82, 2.24) is 0 Å². The lowest BCUT2D eigenvalue weighted by molar-refractivity contribution is 0.0481. The molecule has 0 amide bonds. The van der Waals surface area contributed by atoms with E-state index < -0.39 is 23.9 Å². The number of rotatable bonds is 32. The number of hydrogen-bond acceptors (Lipinski definition) is 15. The van der Waals surface area contributed by atoms with Crippen molar-refractivity contribution in [3.8, 4) is 0 Å². The van der Waals surface area contributed by atoms with E-state index in [1.54, 1.807) is 40.1 Å². The summed E-state index contributed by atoms with van der Waals surface area (Å²) in [7, 11) is 0. The van der Waals surface area contributed by atoms with E-state index in [1.807, 2.05) is 12.1 Å². The first-order valence-corrected chi connectivity index (χ1v) is 24.9. The van der Waals surface area contributed by atoms with Gasteiger partial charge in [-0.1, -0.05) is 126 Å². The normalized spacial score (nSPS) is 11.4. The molecule has 3 aromatic rings. The van der Waals surface area contributed by atoms with Crippen molar-refractivity contribution in [3.05, 3.63) is 44.1 Å². The minimum Gasteiger partial charge on any atom is -0.462 e. The summed E-state index contributed by atoms with van der Waals surface area (Å²) < 4.78 is 21.6. The van der Waals surface area contributed by atoms with Gasteiger partial charge in [0, 0.05) is 35.3 Å². The van der Waals surface area contributed by atoms with E-state index in [0.717, 1.165) is 48.3 Å². The van der Waals surface area contributed by atoms with E-state index in [-0.39, 0.29) is 48.7 Å². The van der Waals surface area contributed by atoms with Crippen LogP contribution in [0.1, 0.15) is 195 Å². The van der Waals surface area contributed by atoms with Crippen LogP contribution in [0, 0.1) is 0 Å². The van der Waals surface area contributed by atoms with Gasteiger partial charge in [-0.3, -0.25) is 0 Å². The van der Waals surface area contributed by atoms with Gasteiger partial charge < -0.3 is 29.6 Å². The Morgan fingerprint density at radius 1 is 0.459 bits per heavy atom. The van der Waals surface area contributed by atoms with Crippen molar-refractivity contribution in [2.75, 3.05) is 50.2 Å². The standard InChI is InChI=1S/C46H68N4O8S3/c1-7-13-15-17-19-21-23-25-29-47-39-35(43(51)55-9-3)37(45(53)57-11-5)41(60-39)49-31-33-27-28-34(59-33)32-50-42-38(46(54)58-12-6)36(44(52)56-10-4)40(61-42)48-30-26-24-22-20-18-16-14-8-2/h27-28,31-32,47-48H,7-26,29-30H2,1-6H3. The number of carbonyl (C=O) groups is 4. The second-order valence-corrected chi connectivity index (χ2v) is 17.6. The molecule has 0 saturated carbocycles. The molecule has 0 aliphatic heterocycles. The summed E-state index contributed by atoms with van der Waals surface area (Å²) in [4.78, 5) is 64.1. The summed E-state index contributed by atoms with van der Waals surface area (Å²) in [6.07, 6.45) is 22.1. The molecule has 0 bridgehead atoms. The zero-order valence-corrected chi connectivity index (χ0v) is 39.7. The average molecular weight is 901 g/mol. The lowest BCUT2D eigenvalue weighted by Crippen LogP contribution is -2.14. The Bertz CT molecular complexity index is 1720. The average Bonchev–Trinajstić information content (AvgIpc) is 3.96. The lowest BCUT2D eigenvalue weighted by atomic mass is 10.1. The Balaban J connectivity index is 1.85. The molecule has 2 N–H and O–H groups in total. The summed E-state index contributed by atoms with van der Waals surface area (Å²) in [5.74, 6) is -2.50. The molecular weight excluding hydrogens is 833 g/mol. The van der Waals surface area contributed by atoms with E-state index in [4.69, 9.17) is 28.9 Å². The second-order valence-electron chi connectivity index (χ2n) is 14.4. The molecule has 338 valence electrons. The molecule has 12 nitrogen and oxygen atoms in total. The molecule has 0 aliphatic carbocycles. The molecule has 0 atom stereocenters. The number of unbranched alkanes of at least 4 members (excludes halogenated alkanes) is 14. The number of aliphatic imine (C=N–C) groups is 2. The third-order valence-electron chi connectivity index (χ3n) is 9.59. The Morgan fingerprint density at radius 3 is 1.10 bits per heavy atom. The highest BCUT2D eigenvalue weighted by Gasteiger charge is 2.32. The number of hydrogen-bond donors (Lipinski definition) is 2. The van der Waals surface area contributed by atoms with Crippen LogP contribution < -0.4 is 10.6 Å². The van der Waals surface area contributed by atoms with Crippen LogP contribution in [-0.2, 0) is 18.9 Å². The summed E-state index contributed by atoms with van der Waals surface area (Å²) in [5, 5.41) is 8.47. The number of carbonyl (C=O) groups excluding carboxylic acids is 4. The van der Waals surface area contributed by atoms with Gasteiger partial charge in [-0.2, -0.15) is 0 Å². The fourth-order valence-corrected chi connectivity index (χ4v) is 9.37. The van der Waals surface area contributed by atoms with Crippen molar-refractivity contribution >= 4 is 90.3 Å². The van der Waals surface area contributed by atoms with Crippen molar-refractivity contribution in [3.63, 3.8) is 0 Å². The first-order chi connectivity index (χ1) is 29.7. The highest BCUT2D eigenvalue weighted by molar-refractivity contribution is 7.21. The molecule has 0 saturated heterocycles. The van der Waals surface area contributed by atoms with Gasteiger partial charge in [-0.05, 0) is 52.7 Å². The maximum atomic E-state index is 13.3. The number of ether oxygens (including phenoxy) is 4. The molecule has 0 unspecified atom stereocenters. The van der Waals surface area contributed by atoms with E-state index in [1.165, 1.54) is 98.2 Å². The van der Waals surface area contributed by atoms with Crippen LogP contribution in [0.5, 0.6) is 0 Å². The predicted octanol–water partition coefficient (Wildman–Crippen LogP) is 13.2. The minimum atomic E-state index is -0.643. The van der Waals surface area contributed by atoms with Crippen molar-refractivity contribution in [2.45, 2.75) is 144 Å². The van der Waals surface area contributed by atoms with Crippen LogP contribution in [0.4, 0.5) is 20.0 Å². The molecule has 0 spiro atoms.